The first kappa shape index (κ1) is 16.9. The normalized spacial score (nSPS) is 21.2. The van der Waals surface area contributed by atoms with Gasteiger partial charge in [0.15, 0.2) is 0 Å². The average Bonchev–Trinajstić information content (AvgIpc) is 3.08. The van der Waals surface area contributed by atoms with E-state index < -0.39 is 8.32 Å². The van der Waals surface area contributed by atoms with Crippen LogP contribution in [-0.4, -0.2) is 27.1 Å². The van der Waals surface area contributed by atoms with Crippen LogP contribution in [0.4, 0.5) is 0 Å². The lowest BCUT2D eigenvalue weighted by atomic mass is 10.1. The van der Waals surface area contributed by atoms with Gasteiger partial charge in [-0.15, -0.1) is 6.58 Å². The lowest BCUT2D eigenvalue weighted by Gasteiger charge is -2.44. The number of hydrogen-bond donors (Lipinski definition) is 0. The number of hydrogen-bond acceptors (Lipinski definition) is 2. The summed E-state index contributed by atoms with van der Waals surface area (Å²) in [6.07, 6.45) is 4.70. The summed E-state index contributed by atoms with van der Waals surface area (Å²) < 4.78 is 12.2. The zero-order valence-electron chi connectivity index (χ0n) is 13.6. The van der Waals surface area contributed by atoms with Gasteiger partial charge in [-0.1, -0.05) is 47.6 Å². The van der Waals surface area contributed by atoms with Crippen LogP contribution in [0.1, 0.15) is 54.4 Å². The number of epoxide rings is 1. The molecule has 2 atom stereocenters. The Balaban J connectivity index is 2.85. The van der Waals surface area contributed by atoms with E-state index in [1.807, 2.05) is 6.08 Å². The molecular weight excluding hydrogens is 252 g/mol. The van der Waals surface area contributed by atoms with Crippen molar-refractivity contribution in [1.29, 1.82) is 0 Å². The van der Waals surface area contributed by atoms with Crippen molar-refractivity contribution in [2.75, 3.05) is 6.61 Å². The quantitative estimate of drug-likeness (QED) is 0.341. The molecule has 0 bridgehead atoms. The molecule has 0 aromatic carbocycles. The van der Waals surface area contributed by atoms with Crippen LogP contribution in [0.2, 0.25) is 16.6 Å². The minimum absolute atomic E-state index is 0.295. The van der Waals surface area contributed by atoms with Crippen molar-refractivity contribution >= 4 is 8.32 Å². The highest BCUT2D eigenvalue weighted by atomic mass is 28.4. The van der Waals surface area contributed by atoms with Gasteiger partial charge >= 0.3 is 0 Å². The van der Waals surface area contributed by atoms with Gasteiger partial charge in [0.25, 0.3) is 0 Å². The number of rotatable bonds is 9. The van der Waals surface area contributed by atoms with Crippen LogP contribution in [0.25, 0.3) is 0 Å². The van der Waals surface area contributed by atoms with E-state index >= 15 is 0 Å². The summed E-state index contributed by atoms with van der Waals surface area (Å²) in [5.41, 5.74) is 1.92. The third-order valence-electron chi connectivity index (χ3n) is 4.44. The molecule has 0 saturated carbocycles. The van der Waals surface area contributed by atoms with Crippen LogP contribution in [0, 0.1) is 0 Å². The largest absolute Gasteiger partial charge is 0.413 e. The highest BCUT2D eigenvalue weighted by molar-refractivity contribution is 6.77. The Morgan fingerprint density at radius 1 is 1.16 bits per heavy atom. The van der Waals surface area contributed by atoms with Gasteiger partial charge in [0.2, 0.25) is 8.32 Å². The Hall–Kier alpha value is -0.123. The van der Waals surface area contributed by atoms with E-state index in [9.17, 15) is 0 Å². The van der Waals surface area contributed by atoms with Gasteiger partial charge in [-0.2, -0.15) is 0 Å². The topological polar surface area (TPSA) is 21.8 Å². The third-order valence-corrected chi connectivity index (χ3v) is 10.6. The molecule has 0 radical (unpaired) electrons. The molecule has 2 nitrogen and oxygen atoms in total. The van der Waals surface area contributed by atoms with Gasteiger partial charge in [-0.05, 0) is 23.0 Å². The monoisotopic (exact) mass is 284 g/mol. The molecule has 1 aliphatic heterocycles. The first-order valence-electron chi connectivity index (χ1n) is 7.74. The molecule has 0 N–H and O–H groups in total. The summed E-state index contributed by atoms with van der Waals surface area (Å²) in [5.74, 6) is 0. The minimum atomic E-state index is -1.77. The Morgan fingerprint density at radius 2 is 1.63 bits per heavy atom. The predicted octanol–water partition coefficient (Wildman–Crippen LogP) is 4.91. The highest BCUT2D eigenvalue weighted by Gasteiger charge is 2.47. The molecule has 0 aromatic rings. The van der Waals surface area contributed by atoms with Gasteiger partial charge in [0.05, 0.1) is 18.8 Å². The highest BCUT2D eigenvalue weighted by Crippen LogP contribution is 2.44. The zero-order chi connectivity index (χ0) is 14.6. The molecule has 1 saturated heterocycles. The maximum Gasteiger partial charge on any atom is 0.200 e. The van der Waals surface area contributed by atoms with E-state index in [-0.39, 0.29) is 0 Å². The summed E-state index contributed by atoms with van der Waals surface area (Å²) >= 11 is 0. The summed E-state index contributed by atoms with van der Waals surface area (Å²) in [4.78, 5) is 0. The van der Waals surface area contributed by atoms with E-state index in [0.717, 1.165) is 19.4 Å². The Kier molecular flexibility index (Phi) is 6.28. The molecule has 0 spiro atoms. The van der Waals surface area contributed by atoms with Crippen LogP contribution in [0.15, 0.2) is 12.7 Å². The SMILES string of the molecule is C=CC[C@H](C[C@H]1CO1)O[Si](C(C)C)(C(C)C)C(C)C. The van der Waals surface area contributed by atoms with Crippen molar-refractivity contribution in [3.8, 4) is 0 Å². The summed E-state index contributed by atoms with van der Waals surface area (Å²) in [5, 5.41) is 0. The fraction of sp³-hybridized carbons (Fsp3) is 0.875. The fourth-order valence-electron chi connectivity index (χ4n) is 3.57. The van der Waals surface area contributed by atoms with E-state index in [0.29, 0.717) is 28.8 Å². The van der Waals surface area contributed by atoms with E-state index in [4.69, 9.17) is 9.16 Å². The molecule has 3 heteroatoms. The fourth-order valence-corrected chi connectivity index (χ4v) is 9.16. The molecule has 0 amide bonds. The predicted molar refractivity (Wildman–Crippen MR) is 85.1 cm³/mol. The molecule has 1 rings (SSSR count). The molecule has 19 heavy (non-hydrogen) atoms. The molecule has 1 heterocycles. The van der Waals surface area contributed by atoms with Crippen LogP contribution < -0.4 is 0 Å². The summed E-state index contributed by atoms with van der Waals surface area (Å²) in [6, 6.07) is 0. The van der Waals surface area contributed by atoms with Crippen molar-refractivity contribution < 1.29 is 9.16 Å². The Bertz CT molecular complexity index is 261. The first-order valence-corrected chi connectivity index (χ1v) is 9.88. The summed E-state index contributed by atoms with van der Waals surface area (Å²) in [6.45, 7) is 18.8. The van der Waals surface area contributed by atoms with Gasteiger partial charge in [0, 0.05) is 6.42 Å². The van der Waals surface area contributed by atoms with E-state index in [2.05, 4.69) is 48.1 Å². The Morgan fingerprint density at radius 3 is 1.95 bits per heavy atom. The average molecular weight is 285 g/mol. The van der Waals surface area contributed by atoms with Gasteiger partial charge in [0.1, 0.15) is 0 Å². The van der Waals surface area contributed by atoms with E-state index in [1.54, 1.807) is 0 Å². The first-order chi connectivity index (χ1) is 8.84. The van der Waals surface area contributed by atoms with E-state index in [1.165, 1.54) is 0 Å². The second-order valence-corrected chi connectivity index (χ2v) is 12.2. The van der Waals surface area contributed by atoms with Crippen LogP contribution in [-0.2, 0) is 9.16 Å². The molecule has 112 valence electrons. The zero-order valence-corrected chi connectivity index (χ0v) is 14.6. The maximum atomic E-state index is 6.80. The van der Waals surface area contributed by atoms with Crippen molar-refractivity contribution in [2.24, 2.45) is 0 Å². The van der Waals surface area contributed by atoms with Crippen molar-refractivity contribution in [2.45, 2.75) is 83.2 Å². The minimum Gasteiger partial charge on any atom is -0.413 e. The van der Waals surface area contributed by atoms with Gasteiger partial charge < -0.3 is 9.16 Å². The maximum absolute atomic E-state index is 6.80. The smallest absolute Gasteiger partial charge is 0.200 e. The third kappa shape index (κ3) is 4.17. The molecular formula is C16H32O2Si. The van der Waals surface area contributed by atoms with Crippen LogP contribution in [0.5, 0.6) is 0 Å². The molecule has 0 aromatic heterocycles. The van der Waals surface area contributed by atoms with Gasteiger partial charge in [-0.3, -0.25) is 0 Å². The van der Waals surface area contributed by atoms with Crippen molar-refractivity contribution in [3.63, 3.8) is 0 Å². The number of ether oxygens (including phenoxy) is 1. The van der Waals surface area contributed by atoms with Crippen molar-refractivity contribution in [3.05, 3.63) is 12.7 Å². The standard InChI is InChI=1S/C16H32O2Si/c1-8-9-15(10-16-11-17-16)18-19(12(2)3,13(4)5)14(6)7/h8,12-16H,1,9-11H2,2-7H3/t15-,16+/m1/s1. The van der Waals surface area contributed by atoms with Crippen molar-refractivity contribution in [1.82, 2.24) is 0 Å². The molecule has 1 aliphatic rings. The van der Waals surface area contributed by atoms with Crippen LogP contribution >= 0.6 is 0 Å². The molecule has 1 fully saturated rings. The summed E-state index contributed by atoms with van der Waals surface area (Å²) in [7, 11) is -1.77. The second kappa shape index (κ2) is 7.05. The van der Waals surface area contributed by atoms with Crippen LogP contribution in [0.3, 0.4) is 0 Å². The Labute approximate surface area is 120 Å². The molecule has 0 aliphatic carbocycles. The lowest BCUT2D eigenvalue weighted by Crippen LogP contribution is -2.50. The lowest BCUT2D eigenvalue weighted by molar-refractivity contribution is 0.155. The van der Waals surface area contributed by atoms with Gasteiger partial charge in [-0.25, -0.2) is 0 Å². The molecule has 0 unspecified atom stereocenters. The second-order valence-electron chi connectivity index (χ2n) is 6.77.